The van der Waals surface area contributed by atoms with Crippen LogP contribution in [-0.4, -0.2) is 124 Å². The lowest BCUT2D eigenvalue weighted by Crippen LogP contribution is -2.14. The van der Waals surface area contributed by atoms with Crippen LogP contribution in [0.25, 0.3) is 0 Å². The molecular weight excluding hydrogens is 416 g/mol. The van der Waals surface area contributed by atoms with Crippen molar-refractivity contribution in [2.45, 2.75) is 0 Å². The minimum atomic E-state index is -1.03. The molecule has 0 aliphatic carbocycles. The second-order valence-corrected chi connectivity index (χ2v) is 5.01. The van der Waals surface area contributed by atoms with E-state index in [2.05, 4.69) is 18.9 Å². The van der Waals surface area contributed by atoms with Crippen LogP contribution in [0.4, 0.5) is 0 Å². The van der Waals surface area contributed by atoms with Gasteiger partial charge in [-0.25, -0.2) is 19.2 Å². The fourth-order valence-corrected chi connectivity index (χ4v) is 1.31. The topological polar surface area (TPSA) is 205 Å². The molecule has 0 fully saturated rings. The van der Waals surface area contributed by atoms with Gasteiger partial charge in [-0.2, -0.15) is 0 Å². The fourth-order valence-electron chi connectivity index (χ4n) is 1.31. The highest BCUT2D eigenvalue weighted by Crippen LogP contribution is 1.82. The summed E-state index contributed by atoms with van der Waals surface area (Å²) in [6.45, 7) is 0.364. The van der Waals surface area contributed by atoms with Gasteiger partial charge in [0.25, 0.3) is 0 Å². The summed E-state index contributed by atoms with van der Waals surface area (Å²) in [7, 11) is 0. The predicted octanol–water partition coefficient (Wildman–Crippen LogP) is -1.59. The zero-order valence-corrected chi connectivity index (χ0v) is 16.4. The highest BCUT2D eigenvalue weighted by molar-refractivity contribution is 5.68. The van der Waals surface area contributed by atoms with Crippen LogP contribution in [0, 0.1) is 0 Å². The van der Waals surface area contributed by atoms with Crippen LogP contribution >= 0.6 is 0 Å². The number of ether oxygens (including phenoxy) is 6. The van der Waals surface area contributed by atoms with E-state index < -0.39 is 23.9 Å². The molecule has 0 saturated carbocycles. The third-order valence-corrected chi connectivity index (χ3v) is 2.39. The van der Waals surface area contributed by atoms with E-state index in [0.717, 1.165) is 0 Å². The van der Waals surface area contributed by atoms with Crippen LogP contribution in [0.5, 0.6) is 0 Å². The number of rotatable bonds is 20. The summed E-state index contributed by atoms with van der Waals surface area (Å²) in [6, 6.07) is 0. The van der Waals surface area contributed by atoms with Gasteiger partial charge in [-0.1, -0.05) is 0 Å². The Bertz CT molecular complexity index is 385. The Kier molecular flexibility index (Phi) is 22.8. The molecule has 0 unspecified atom stereocenters. The summed E-state index contributed by atoms with van der Waals surface area (Å²) in [6.07, 6.45) is 0. The van der Waals surface area contributed by atoms with Crippen molar-refractivity contribution < 1.29 is 68.0 Å². The molecule has 0 aliphatic rings. The van der Waals surface area contributed by atoms with E-state index in [0.29, 0.717) is 0 Å². The smallest absolute Gasteiger partial charge is 0.329 e. The van der Waals surface area contributed by atoms with Gasteiger partial charge in [0.05, 0.1) is 52.9 Å². The molecule has 0 aromatic rings. The average molecular weight is 444 g/mol. The van der Waals surface area contributed by atoms with Crippen molar-refractivity contribution in [3.05, 3.63) is 0 Å². The van der Waals surface area contributed by atoms with Gasteiger partial charge in [0, 0.05) is 0 Å². The maximum absolute atomic E-state index is 10.00. The summed E-state index contributed by atoms with van der Waals surface area (Å²) in [5, 5.41) is 32.8. The fraction of sp³-hybridized carbons (Fsp3) is 0.750. The first-order chi connectivity index (χ1) is 14.3. The molecule has 0 amide bonds. The van der Waals surface area contributed by atoms with E-state index in [1.807, 2.05) is 0 Å². The molecule has 0 rings (SSSR count). The summed E-state index contributed by atoms with van der Waals surface area (Å²) in [5.41, 5.74) is 0. The maximum Gasteiger partial charge on any atom is 0.329 e. The highest BCUT2D eigenvalue weighted by atomic mass is 16.6. The first kappa shape index (κ1) is 29.8. The molecule has 0 saturated heterocycles. The molecule has 176 valence electrons. The quantitative estimate of drug-likeness (QED) is 0.156. The minimum Gasteiger partial charge on any atom is -0.480 e. The van der Waals surface area contributed by atoms with Gasteiger partial charge in [0.15, 0.2) is 0 Å². The van der Waals surface area contributed by atoms with Crippen LogP contribution in [0.3, 0.4) is 0 Å². The van der Waals surface area contributed by atoms with E-state index in [9.17, 15) is 19.2 Å². The first-order valence-corrected chi connectivity index (χ1v) is 8.59. The molecule has 0 radical (unpaired) electrons. The van der Waals surface area contributed by atoms with Crippen molar-refractivity contribution >= 4 is 23.9 Å². The average Bonchev–Trinajstić information content (AvgIpc) is 2.65. The summed E-state index contributed by atoms with van der Waals surface area (Å²) in [5.74, 6) is -4.11. The largest absolute Gasteiger partial charge is 0.480 e. The van der Waals surface area contributed by atoms with E-state index in [1.165, 1.54) is 0 Å². The number of carbonyl (C=O) groups is 4. The third-order valence-electron chi connectivity index (χ3n) is 2.39. The summed E-state index contributed by atoms with van der Waals surface area (Å²) >= 11 is 0. The molecule has 0 aromatic heterocycles. The van der Waals surface area contributed by atoms with Crippen LogP contribution < -0.4 is 0 Å². The van der Waals surface area contributed by atoms with Crippen molar-refractivity contribution in [2.75, 3.05) is 79.3 Å². The summed E-state index contributed by atoms with van der Waals surface area (Å²) < 4.78 is 28.6. The van der Waals surface area contributed by atoms with Crippen molar-refractivity contribution in [2.24, 2.45) is 0 Å². The molecule has 14 nitrogen and oxygen atoms in total. The minimum absolute atomic E-state index is 0.186. The lowest BCUT2D eigenvalue weighted by atomic mass is 10.7. The van der Waals surface area contributed by atoms with Gasteiger partial charge in [-0.15, -0.1) is 0 Å². The maximum atomic E-state index is 10.00. The van der Waals surface area contributed by atoms with E-state index in [-0.39, 0.29) is 79.3 Å². The van der Waals surface area contributed by atoms with E-state index in [4.69, 9.17) is 29.9 Å². The second-order valence-electron chi connectivity index (χ2n) is 5.01. The molecule has 0 aromatic carbocycles. The van der Waals surface area contributed by atoms with E-state index in [1.54, 1.807) is 0 Å². The van der Waals surface area contributed by atoms with Gasteiger partial charge in [0.2, 0.25) is 0 Å². The van der Waals surface area contributed by atoms with Gasteiger partial charge >= 0.3 is 23.9 Å². The van der Waals surface area contributed by atoms with Crippen molar-refractivity contribution in [3.63, 3.8) is 0 Å². The normalized spacial score (nSPS) is 10.1. The van der Waals surface area contributed by atoms with Crippen LogP contribution in [0.1, 0.15) is 0 Å². The number of aliphatic carboxylic acids is 4. The molecule has 0 aliphatic heterocycles. The van der Waals surface area contributed by atoms with Crippen molar-refractivity contribution in [1.29, 1.82) is 0 Å². The van der Waals surface area contributed by atoms with Gasteiger partial charge in [-0.05, 0) is 0 Å². The Balaban J connectivity index is 0. The molecule has 14 heteroatoms. The third kappa shape index (κ3) is 33.2. The molecule has 0 bridgehead atoms. The Morgan fingerprint density at radius 2 is 0.533 bits per heavy atom. The summed E-state index contributed by atoms with van der Waals surface area (Å²) in [4.78, 5) is 40.0. The lowest BCUT2D eigenvalue weighted by Gasteiger charge is -2.04. The Hall–Kier alpha value is -2.36. The molecule has 0 heterocycles. The Morgan fingerprint density at radius 3 is 0.700 bits per heavy atom. The number of carboxylic acids is 4. The molecule has 0 spiro atoms. The first-order valence-electron chi connectivity index (χ1n) is 8.59. The number of carboxylic acid groups (broad SMARTS) is 4. The number of hydrogen-bond acceptors (Lipinski definition) is 10. The standard InChI is InChI=1S/2C8H14O7/c2*9-7(10)5-14-3-1-13-2-4-15-6-8(11)12/h2*1-6H2,(H,9,10)(H,11,12). The Labute approximate surface area is 172 Å². The Morgan fingerprint density at radius 1 is 0.367 bits per heavy atom. The zero-order valence-electron chi connectivity index (χ0n) is 16.4. The zero-order chi connectivity index (χ0) is 23.0. The predicted molar refractivity (Wildman–Crippen MR) is 95.5 cm³/mol. The van der Waals surface area contributed by atoms with Crippen LogP contribution in [0.15, 0.2) is 0 Å². The van der Waals surface area contributed by atoms with Crippen molar-refractivity contribution in [3.8, 4) is 0 Å². The SMILES string of the molecule is O=C(O)COCCOCCOCC(=O)O.O=C(O)COCCOCCOCC(=O)O. The van der Waals surface area contributed by atoms with Gasteiger partial charge < -0.3 is 48.8 Å². The molecular formula is C16H28O14. The number of hydrogen-bond donors (Lipinski definition) is 4. The lowest BCUT2D eigenvalue weighted by molar-refractivity contribution is -0.144. The second kappa shape index (κ2) is 22.9. The molecule has 0 atom stereocenters. The van der Waals surface area contributed by atoms with Crippen molar-refractivity contribution in [1.82, 2.24) is 0 Å². The highest BCUT2D eigenvalue weighted by Gasteiger charge is 1.98. The van der Waals surface area contributed by atoms with Crippen LogP contribution in [-0.2, 0) is 47.6 Å². The molecule has 30 heavy (non-hydrogen) atoms. The van der Waals surface area contributed by atoms with Gasteiger partial charge in [0.1, 0.15) is 26.4 Å². The molecule has 4 N–H and O–H groups in total. The van der Waals surface area contributed by atoms with Gasteiger partial charge in [-0.3, -0.25) is 0 Å². The van der Waals surface area contributed by atoms with E-state index >= 15 is 0 Å². The van der Waals surface area contributed by atoms with Crippen LogP contribution in [0.2, 0.25) is 0 Å². The monoisotopic (exact) mass is 444 g/mol.